The summed E-state index contributed by atoms with van der Waals surface area (Å²) in [6.07, 6.45) is 22.1. The molecule has 1 unspecified atom stereocenters. The number of aliphatic hydroxyl groups excluding tert-OH is 1. The number of phosphoric ester groups is 1. The minimum Gasteiger partial charge on any atom is -0.390 e. The van der Waals surface area contributed by atoms with Crippen LogP contribution in [0.3, 0.4) is 0 Å². The van der Waals surface area contributed by atoms with Crippen LogP contribution in [0.4, 0.5) is 11.5 Å². The number of anilines is 2. The Morgan fingerprint density at radius 3 is 2.27 bits per heavy atom. The van der Waals surface area contributed by atoms with Gasteiger partial charge in [-0.05, 0) is 43.2 Å². The Balaban J connectivity index is 1.46. The number of nitriles is 1. The van der Waals surface area contributed by atoms with Crippen molar-refractivity contribution in [3.05, 3.63) is 53.5 Å². The van der Waals surface area contributed by atoms with Crippen molar-refractivity contribution >= 4 is 37.5 Å². The number of nitrogens with two attached hydrogens (primary N) is 1. The molecular formula is C43H69N8O8P. The van der Waals surface area contributed by atoms with Gasteiger partial charge in [-0.1, -0.05) is 109 Å². The first-order valence-electron chi connectivity index (χ1n) is 21.5. The zero-order valence-corrected chi connectivity index (χ0v) is 36.8. The number of aliphatic imine (C=N–C) groups is 1. The highest BCUT2D eigenvalue weighted by Gasteiger charge is 2.38. The average molecular weight is 857 g/mol. The maximum absolute atomic E-state index is 13.2. The molecule has 0 saturated carbocycles. The molecule has 1 aromatic carbocycles. The van der Waals surface area contributed by atoms with Crippen LogP contribution in [0.2, 0.25) is 0 Å². The summed E-state index contributed by atoms with van der Waals surface area (Å²) in [7, 11) is -3.30. The molecule has 16 nitrogen and oxygen atoms in total. The number of fused-ring (bicyclic) bond motifs is 1. The highest BCUT2D eigenvalue weighted by molar-refractivity contribution is 7.47. The number of hydrogen-bond acceptors (Lipinski definition) is 12. The molecule has 4 atom stereocenters. The van der Waals surface area contributed by atoms with Gasteiger partial charge in [-0.2, -0.15) is 10.4 Å². The number of benzene rings is 1. The molecule has 0 bridgehead atoms. The molecule has 17 heteroatoms. The van der Waals surface area contributed by atoms with Crippen molar-refractivity contribution in [1.29, 1.82) is 10.7 Å². The largest absolute Gasteiger partial charge is 0.472 e. The fourth-order valence-electron chi connectivity index (χ4n) is 6.66. The minimum absolute atomic E-state index is 0.0650. The zero-order chi connectivity index (χ0) is 43.5. The van der Waals surface area contributed by atoms with E-state index in [1.54, 1.807) is 41.8 Å². The lowest BCUT2D eigenvalue weighted by molar-refractivity contribution is -0.116. The van der Waals surface area contributed by atoms with Gasteiger partial charge in [0.2, 0.25) is 0 Å². The Labute approximate surface area is 356 Å². The Kier molecular flexibility index (Phi) is 24.2. The van der Waals surface area contributed by atoms with Crippen molar-refractivity contribution < 1.29 is 37.8 Å². The van der Waals surface area contributed by atoms with Crippen molar-refractivity contribution in [2.24, 2.45) is 4.99 Å². The molecule has 6 N–H and O–H groups in total. The second kappa shape index (κ2) is 28.7. The van der Waals surface area contributed by atoms with Crippen LogP contribution in [0.15, 0.2) is 41.7 Å². The van der Waals surface area contributed by atoms with Gasteiger partial charge in [-0.25, -0.2) is 19.1 Å². The van der Waals surface area contributed by atoms with Gasteiger partial charge >= 0.3 is 7.82 Å². The molecule has 0 spiro atoms. The average Bonchev–Trinajstić information content (AvgIpc) is 3.66. The first-order chi connectivity index (χ1) is 29.1. The molecule has 2 aromatic heterocycles. The molecule has 334 valence electrons. The monoisotopic (exact) mass is 856 g/mol. The van der Waals surface area contributed by atoms with Crippen molar-refractivity contribution in [2.75, 3.05) is 44.6 Å². The van der Waals surface area contributed by atoms with Crippen LogP contribution in [0.1, 0.15) is 133 Å². The molecule has 0 aliphatic rings. The van der Waals surface area contributed by atoms with E-state index in [-0.39, 0.29) is 26.2 Å². The molecule has 0 fully saturated rings. The van der Waals surface area contributed by atoms with Gasteiger partial charge in [0.1, 0.15) is 36.0 Å². The highest BCUT2D eigenvalue weighted by Crippen LogP contribution is 2.44. The lowest BCUT2D eigenvalue weighted by Crippen LogP contribution is -2.46. The minimum atomic E-state index is -4.67. The normalized spacial score (nSPS) is 14.8. The lowest BCUT2D eigenvalue weighted by Gasteiger charge is -2.33. The van der Waals surface area contributed by atoms with Crippen LogP contribution in [0.5, 0.6) is 0 Å². The van der Waals surface area contributed by atoms with Crippen molar-refractivity contribution in [3.63, 3.8) is 0 Å². The van der Waals surface area contributed by atoms with E-state index >= 15 is 0 Å². The summed E-state index contributed by atoms with van der Waals surface area (Å²) < 4.78 is 43.1. The lowest BCUT2D eigenvalue weighted by atomic mass is 9.96. The van der Waals surface area contributed by atoms with E-state index in [1.807, 2.05) is 0 Å². The molecule has 3 rings (SSSR count). The fraction of sp³-hybridized carbons (Fsp3) is 0.651. The van der Waals surface area contributed by atoms with Gasteiger partial charge in [0, 0.05) is 25.8 Å². The molecule has 0 radical (unpaired) electrons. The van der Waals surface area contributed by atoms with E-state index in [0.717, 1.165) is 25.6 Å². The summed E-state index contributed by atoms with van der Waals surface area (Å²) in [5.74, 6) is 0.290. The summed E-state index contributed by atoms with van der Waals surface area (Å²) >= 11 is 0. The Hall–Kier alpha value is -3.78. The quantitative estimate of drug-likeness (QED) is 0.0162. The van der Waals surface area contributed by atoms with E-state index in [0.29, 0.717) is 40.4 Å². The number of methoxy groups -OCH3 is 1. The third-order valence-corrected chi connectivity index (χ3v) is 11.5. The van der Waals surface area contributed by atoms with Gasteiger partial charge in [-0.3, -0.25) is 14.5 Å². The number of nitrogen functional groups attached to an aromatic ring is 1. The predicted octanol–water partition coefficient (Wildman–Crippen LogP) is 8.54. The van der Waals surface area contributed by atoms with Crippen LogP contribution in [0, 0.1) is 16.7 Å². The summed E-state index contributed by atoms with van der Waals surface area (Å²) in [5.41, 5.74) is 7.29. The van der Waals surface area contributed by atoms with Crippen LogP contribution in [-0.4, -0.2) is 88.6 Å². The zero-order valence-electron chi connectivity index (χ0n) is 35.9. The number of aromatic nitrogens is 3. The number of nitrogens with zero attached hydrogens (tertiary/aromatic N) is 5. The standard InChI is InChI=1S/C43H69N8O8P/c1-4-5-6-7-8-9-10-11-12-13-14-15-16-17-18-19-24-56-29-38(57-28-35-20-22-39(36(25-35)27-44)48-33-47-32-45)30-58-60(53,54)59-31-43(2,55-3)41(52)26-37-21-23-40-42(46)49-34-50-51(37)40/h20-23,25,32-34,38,41,52H,4-19,24,26,28-31H2,1-3H3,(H,53,54)(H2,45,47,48)(H2,46,49,50)/t38-,41+,43-/m1/s1. The maximum Gasteiger partial charge on any atom is 0.472 e. The van der Waals surface area contributed by atoms with E-state index in [1.165, 1.54) is 103 Å². The van der Waals surface area contributed by atoms with Crippen LogP contribution in [0.25, 0.3) is 5.52 Å². The van der Waals surface area contributed by atoms with Gasteiger partial charge in [0.25, 0.3) is 0 Å². The number of ether oxygens (including phenoxy) is 3. The van der Waals surface area contributed by atoms with Crippen molar-refractivity contribution in [1.82, 2.24) is 14.6 Å². The van der Waals surface area contributed by atoms with Gasteiger partial charge < -0.3 is 35.3 Å². The first kappa shape index (κ1) is 50.6. The van der Waals surface area contributed by atoms with Gasteiger partial charge in [0.05, 0.1) is 50.1 Å². The second-order valence-corrected chi connectivity index (χ2v) is 16.8. The van der Waals surface area contributed by atoms with Crippen LogP contribution >= 0.6 is 7.82 Å². The summed E-state index contributed by atoms with van der Waals surface area (Å²) in [6.45, 7) is 3.68. The molecular weight excluding hydrogens is 787 g/mol. The van der Waals surface area contributed by atoms with Crippen LogP contribution in [-0.2, 0) is 40.9 Å². The third-order valence-electron chi connectivity index (χ3n) is 10.6. The van der Waals surface area contributed by atoms with E-state index in [2.05, 4.69) is 33.4 Å². The van der Waals surface area contributed by atoms with E-state index in [4.69, 9.17) is 34.4 Å². The predicted molar refractivity (Wildman–Crippen MR) is 235 cm³/mol. The van der Waals surface area contributed by atoms with Crippen LogP contribution < -0.4 is 11.1 Å². The molecule has 60 heavy (non-hydrogen) atoms. The SMILES string of the molecule is CCCCCCCCCCCCCCCCCCOC[C@H](COP(=O)(O)OC[C@@](C)(OC)[C@@H](O)Cc1ccc2c(N)ncnn12)OCc1ccc(N/C=N\C=N)c(C#N)c1. The maximum atomic E-state index is 13.2. The molecule has 0 saturated heterocycles. The molecule has 2 heterocycles. The van der Waals surface area contributed by atoms with Crippen molar-refractivity contribution in [2.45, 2.75) is 147 Å². The molecule has 0 aliphatic carbocycles. The first-order valence-corrected chi connectivity index (χ1v) is 23.0. The fourth-order valence-corrected chi connectivity index (χ4v) is 7.51. The van der Waals surface area contributed by atoms with Gasteiger partial charge in [0.15, 0.2) is 5.82 Å². The summed E-state index contributed by atoms with van der Waals surface area (Å²) in [4.78, 5) is 18.4. The smallest absolute Gasteiger partial charge is 0.390 e. The Morgan fingerprint density at radius 2 is 1.65 bits per heavy atom. The highest BCUT2D eigenvalue weighted by atomic mass is 31.2. The second-order valence-electron chi connectivity index (χ2n) is 15.4. The summed E-state index contributed by atoms with van der Waals surface area (Å²) in [5, 5.41) is 35.0. The number of phosphoric acid groups is 1. The third kappa shape index (κ3) is 18.9. The number of hydrogen-bond donors (Lipinski definition) is 5. The van der Waals surface area contributed by atoms with E-state index < -0.39 is 32.2 Å². The Morgan fingerprint density at radius 1 is 1.00 bits per heavy atom. The van der Waals surface area contributed by atoms with E-state index in [9.17, 15) is 19.8 Å². The Bertz CT molecular complexity index is 1790. The van der Waals surface area contributed by atoms with Crippen molar-refractivity contribution in [3.8, 4) is 6.07 Å². The number of nitrogens with one attached hydrogen (secondary N) is 2. The number of aliphatic hydroxyl groups is 1. The molecule has 0 amide bonds. The number of unbranched alkanes of at least 4 members (excludes halogenated alkanes) is 15. The molecule has 0 aliphatic heterocycles. The molecule has 3 aromatic rings. The topological polar surface area (TPSA) is 232 Å². The summed E-state index contributed by atoms with van der Waals surface area (Å²) in [6, 6.07) is 10.8. The van der Waals surface area contributed by atoms with Gasteiger partial charge in [-0.15, -0.1) is 0 Å². The number of rotatable bonds is 35.